The van der Waals surface area contributed by atoms with E-state index < -0.39 is 11.7 Å². The van der Waals surface area contributed by atoms with E-state index in [0.29, 0.717) is 23.0 Å². The third-order valence-electron chi connectivity index (χ3n) is 7.01. The highest BCUT2D eigenvalue weighted by Crippen LogP contribution is 2.30. The molecule has 0 radical (unpaired) electrons. The van der Waals surface area contributed by atoms with Gasteiger partial charge >= 0.3 is 6.09 Å². The van der Waals surface area contributed by atoms with Crippen molar-refractivity contribution in [2.75, 3.05) is 22.1 Å². The molecular formula is C31H43N7O3. The normalized spacial score (nSPS) is 16.8. The number of carbonyl (C=O) groups is 2. The standard InChI is InChI=1S/C31H43N7O3/c1-9-26(39)35-22-12-10-11-21(15-22)19-37(29(40)41-30(4,5)6)27-16-25(34-23-13-14-31(7,8)32-17-23)36-28-24(20(2)3)18-33-38(27)28/h9-12,15-16,18,20,23,32H,1,13-14,17,19H2,2-8H3,(H,34,36)(H,35,39)/t23-/m1/s1. The predicted octanol–water partition coefficient (Wildman–Crippen LogP) is 5.86. The lowest BCUT2D eigenvalue weighted by atomic mass is 9.91. The quantitative estimate of drug-likeness (QED) is 0.295. The molecule has 1 fully saturated rings. The number of nitrogens with one attached hydrogen (secondary N) is 3. The fraction of sp³-hybridized carbons (Fsp3) is 0.484. The van der Waals surface area contributed by atoms with Crippen LogP contribution in [-0.4, -0.2) is 50.3 Å². The Bertz CT molecular complexity index is 1410. The Kier molecular flexibility index (Phi) is 8.72. The number of ether oxygens (including phenoxy) is 1. The third kappa shape index (κ3) is 7.64. The molecule has 2 amide bonds. The number of rotatable bonds is 8. The molecule has 0 bridgehead atoms. The van der Waals surface area contributed by atoms with Gasteiger partial charge in [0.15, 0.2) is 5.65 Å². The summed E-state index contributed by atoms with van der Waals surface area (Å²) in [6.07, 6.45) is 4.54. The second-order valence-corrected chi connectivity index (χ2v) is 12.6. The summed E-state index contributed by atoms with van der Waals surface area (Å²) in [7, 11) is 0. The number of carbonyl (C=O) groups excluding carboxylic acids is 2. The minimum atomic E-state index is -0.712. The Labute approximate surface area is 242 Å². The summed E-state index contributed by atoms with van der Waals surface area (Å²) in [4.78, 5) is 32.2. The molecule has 0 aliphatic carbocycles. The smallest absolute Gasteiger partial charge is 0.416 e. The van der Waals surface area contributed by atoms with Gasteiger partial charge in [-0.25, -0.2) is 9.78 Å². The lowest BCUT2D eigenvalue weighted by molar-refractivity contribution is -0.111. The lowest BCUT2D eigenvalue weighted by Gasteiger charge is -2.36. The molecule has 3 heterocycles. The van der Waals surface area contributed by atoms with Crippen LogP contribution in [0.1, 0.15) is 78.4 Å². The molecule has 3 N–H and O–H groups in total. The van der Waals surface area contributed by atoms with Crippen LogP contribution in [0, 0.1) is 0 Å². The van der Waals surface area contributed by atoms with Crippen LogP contribution >= 0.6 is 0 Å². The third-order valence-corrected chi connectivity index (χ3v) is 7.01. The summed E-state index contributed by atoms with van der Waals surface area (Å²) in [5, 5.41) is 14.6. The lowest BCUT2D eigenvalue weighted by Crippen LogP contribution is -2.50. The molecule has 10 heteroatoms. The number of amides is 2. The molecule has 0 spiro atoms. The zero-order valence-electron chi connectivity index (χ0n) is 25.2. The van der Waals surface area contributed by atoms with Crippen LogP contribution in [0.2, 0.25) is 0 Å². The van der Waals surface area contributed by atoms with Crippen molar-refractivity contribution in [1.29, 1.82) is 0 Å². The van der Waals surface area contributed by atoms with Crippen molar-refractivity contribution in [1.82, 2.24) is 19.9 Å². The summed E-state index contributed by atoms with van der Waals surface area (Å²) >= 11 is 0. The molecule has 1 saturated heterocycles. The van der Waals surface area contributed by atoms with Gasteiger partial charge in [-0.05, 0) is 77.2 Å². The summed E-state index contributed by atoms with van der Waals surface area (Å²) in [6, 6.07) is 9.40. The highest BCUT2D eigenvalue weighted by Gasteiger charge is 2.29. The molecule has 1 atom stereocenters. The van der Waals surface area contributed by atoms with Gasteiger partial charge in [0.05, 0.1) is 12.7 Å². The fourth-order valence-electron chi connectivity index (χ4n) is 4.77. The van der Waals surface area contributed by atoms with Gasteiger partial charge in [-0.1, -0.05) is 32.6 Å². The predicted molar refractivity (Wildman–Crippen MR) is 163 cm³/mol. The number of hydrogen-bond acceptors (Lipinski definition) is 7. The van der Waals surface area contributed by atoms with Crippen molar-refractivity contribution in [3.8, 4) is 0 Å². The zero-order valence-corrected chi connectivity index (χ0v) is 25.2. The maximum absolute atomic E-state index is 13.8. The Balaban J connectivity index is 1.78. The number of fused-ring (bicyclic) bond motifs is 1. The van der Waals surface area contributed by atoms with E-state index in [1.54, 1.807) is 15.5 Å². The van der Waals surface area contributed by atoms with Crippen LogP contribution in [-0.2, 0) is 16.1 Å². The average Bonchev–Trinajstić information content (AvgIpc) is 3.32. The van der Waals surface area contributed by atoms with E-state index in [0.717, 1.165) is 30.5 Å². The first kappa shape index (κ1) is 30.0. The first-order chi connectivity index (χ1) is 19.2. The van der Waals surface area contributed by atoms with Gasteiger partial charge < -0.3 is 20.7 Å². The van der Waals surface area contributed by atoms with Crippen molar-refractivity contribution < 1.29 is 14.3 Å². The maximum atomic E-state index is 13.8. The number of anilines is 3. The van der Waals surface area contributed by atoms with E-state index in [9.17, 15) is 9.59 Å². The topological polar surface area (TPSA) is 113 Å². The SMILES string of the molecule is C=CC(=O)Nc1cccc(CN(C(=O)OC(C)(C)C)c2cc(N[C@@H]3CCC(C)(C)NC3)nc3c(C(C)C)cnn23)c1. The second kappa shape index (κ2) is 11.9. The first-order valence-electron chi connectivity index (χ1n) is 14.2. The van der Waals surface area contributed by atoms with Gasteiger partial charge in [-0.2, -0.15) is 9.61 Å². The molecule has 41 heavy (non-hydrogen) atoms. The van der Waals surface area contributed by atoms with E-state index >= 15 is 0 Å². The van der Waals surface area contributed by atoms with Gasteiger partial charge in [0.1, 0.15) is 17.2 Å². The Morgan fingerprint density at radius 1 is 1.29 bits per heavy atom. The Hall–Kier alpha value is -3.92. The summed E-state index contributed by atoms with van der Waals surface area (Å²) in [5.41, 5.74) is 2.46. The van der Waals surface area contributed by atoms with Crippen LogP contribution in [0.25, 0.3) is 5.65 Å². The molecule has 4 rings (SSSR count). The molecule has 220 valence electrons. The largest absolute Gasteiger partial charge is 0.443 e. The number of piperidine rings is 1. The second-order valence-electron chi connectivity index (χ2n) is 12.6. The van der Waals surface area contributed by atoms with Crippen LogP contribution in [0.15, 0.2) is 49.2 Å². The zero-order chi connectivity index (χ0) is 29.9. The molecule has 3 aromatic rings. The van der Waals surface area contributed by atoms with Gasteiger partial charge in [-0.15, -0.1) is 0 Å². The van der Waals surface area contributed by atoms with E-state index in [-0.39, 0.29) is 30.0 Å². The minimum Gasteiger partial charge on any atom is -0.443 e. The monoisotopic (exact) mass is 561 g/mol. The molecule has 0 unspecified atom stereocenters. The van der Waals surface area contributed by atoms with E-state index in [1.807, 2.05) is 51.2 Å². The van der Waals surface area contributed by atoms with Crippen LogP contribution in [0.3, 0.4) is 0 Å². The number of hydrogen-bond donors (Lipinski definition) is 3. The van der Waals surface area contributed by atoms with E-state index in [1.165, 1.54) is 6.08 Å². The molecule has 0 saturated carbocycles. The Morgan fingerprint density at radius 3 is 2.68 bits per heavy atom. The van der Waals surface area contributed by atoms with Gasteiger partial charge in [0.2, 0.25) is 5.91 Å². The van der Waals surface area contributed by atoms with Crippen LogP contribution in [0.4, 0.5) is 22.1 Å². The number of benzene rings is 1. The molecular weight excluding hydrogens is 518 g/mol. The molecule has 1 aromatic carbocycles. The van der Waals surface area contributed by atoms with Gasteiger partial charge in [-0.3, -0.25) is 9.69 Å². The molecule has 2 aromatic heterocycles. The van der Waals surface area contributed by atoms with Crippen molar-refractivity contribution in [2.45, 2.75) is 91.0 Å². The molecule has 1 aliphatic rings. The molecule has 1 aliphatic heterocycles. The van der Waals surface area contributed by atoms with Crippen molar-refractivity contribution in [3.05, 3.63) is 60.3 Å². The van der Waals surface area contributed by atoms with Crippen LogP contribution < -0.4 is 20.9 Å². The van der Waals surface area contributed by atoms with Crippen molar-refractivity contribution in [2.24, 2.45) is 0 Å². The maximum Gasteiger partial charge on any atom is 0.416 e. The first-order valence-corrected chi connectivity index (χ1v) is 14.2. The van der Waals surface area contributed by atoms with Gasteiger partial charge in [0.25, 0.3) is 0 Å². The van der Waals surface area contributed by atoms with E-state index in [2.05, 4.69) is 55.3 Å². The minimum absolute atomic E-state index is 0.101. The fourth-order valence-corrected chi connectivity index (χ4v) is 4.77. The summed E-state index contributed by atoms with van der Waals surface area (Å²) < 4.78 is 7.57. The number of nitrogens with zero attached hydrogens (tertiary/aromatic N) is 4. The number of aromatic nitrogens is 3. The highest BCUT2D eigenvalue weighted by atomic mass is 16.6. The molecule has 10 nitrogen and oxygen atoms in total. The van der Waals surface area contributed by atoms with Crippen molar-refractivity contribution in [3.63, 3.8) is 0 Å². The van der Waals surface area contributed by atoms with E-state index in [4.69, 9.17) is 9.72 Å². The van der Waals surface area contributed by atoms with Crippen LogP contribution in [0.5, 0.6) is 0 Å². The van der Waals surface area contributed by atoms with Crippen molar-refractivity contribution >= 4 is 35.0 Å². The summed E-state index contributed by atoms with van der Waals surface area (Å²) in [5.74, 6) is 1.07. The summed E-state index contributed by atoms with van der Waals surface area (Å²) in [6.45, 7) is 18.6. The van der Waals surface area contributed by atoms with Gasteiger partial charge in [0, 0.05) is 35.4 Å². The Morgan fingerprint density at radius 2 is 2.05 bits per heavy atom. The average molecular weight is 562 g/mol. The highest BCUT2D eigenvalue weighted by molar-refractivity contribution is 5.99.